The number of hydrogen-bond acceptors (Lipinski definition) is 3. The predicted octanol–water partition coefficient (Wildman–Crippen LogP) is 6.89. The second-order valence-corrected chi connectivity index (χ2v) is 12.0. The van der Waals surface area contributed by atoms with Gasteiger partial charge in [0, 0.05) is 33.8 Å². The summed E-state index contributed by atoms with van der Waals surface area (Å²) in [5.41, 5.74) is 2.65. The molecule has 0 spiro atoms. The Labute approximate surface area is 231 Å². The fourth-order valence-corrected chi connectivity index (χ4v) is 4.97. The number of hydrogen-bond donors (Lipinski definition) is 1. The molecule has 7 heteroatoms. The molecule has 2 amide bonds. The summed E-state index contributed by atoms with van der Waals surface area (Å²) in [6, 6.07) is 24.7. The summed E-state index contributed by atoms with van der Waals surface area (Å²) in [6.45, 7) is 6.17. The number of thioether (sulfide) groups is 1. The van der Waals surface area contributed by atoms with Crippen molar-refractivity contribution in [2.45, 2.75) is 51.1 Å². The maximum Gasteiger partial charge on any atom is 0.243 e. The molecule has 1 N–H and O–H groups in total. The maximum atomic E-state index is 13.7. The first kappa shape index (κ1) is 28.3. The van der Waals surface area contributed by atoms with E-state index in [0.29, 0.717) is 23.7 Å². The van der Waals surface area contributed by atoms with Crippen molar-refractivity contribution < 1.29 is 9.59 Å². The lowest BCUT2D eigenvalue weighted by Gasteiger charge is -2.34. The molecule has 0 saturated heterocycles. The van der Waals surface area contributed by atoms with E-state index < -0.39 is 11.6 Å². The number of nitrogens with zero attached hydrogens (tertiary/aromatic N) is 1. The lowest BCUT2D eigenvalue weighted by molar-refractivity contribution is -0.140. The lowest BCUT2D eigenvalue weighted by Crippen LogP contribution is -2.54. The summed E-state index contributed by atoms with van der Waals surface area (Å²) in [6.07, 6.45) is 0.430. The highest BCUT2D eigenvalue weighted by Crippen LogP contribution is 2.21. The van der Waals surface area contributed by atoms with Gasteiger partial charge < -0.3 is 10.2 Å². The monoisotopic (exact) mass is 586 g/mol. The highest BCUT2D eigenvalue weighted by Gasteiger charge is 2.32. The molecule has 4 nitrogen and oxygen atoms in total. The maximum absolute atomic E-state index is 13.7. The standard InChI is InChI=1S/C29H32BrClN2O2S/c1-29(2,3)32-28(35)26(17-21-7-5-4-6-8-21)33(18-22-11-15-25(31)16-12-22)27(34)20-36-19-23-9-13-24(30)14-10-23/h4-16,26H,17-20H2,1-3H3,(H,32,35). The van der Waals surface area contributed by atoms with E-state index in [1.54, 1.807) is 16.7 Å². The Morgan fingerprint density at radius 3 is 2.14 bits per heavy atom. The Bertz CT molecular complexity index is 1130. The van der Waals surface area contributed by atoms with Crippen molar-refractivity contribution >= 4 is 51.1 Å². The van der Waals surface area contributed by atoms with Gasteiger partial charge in [-0.05, 0) is 61.7 Å². The third kappa shape index (κ3) is 9.30. The smallest absolute Gasteiger partial charge is 0.243 e. The average molecular weight is 588 g/mol. The Kier molecular flexibility index (Phi) is 10.5. The number of carbonyl (C=O) groups is 2. The molecule has 0 fully saturated rings. The van der Waals surface area contributed by atoms with Gasteiger partial charge in [0.15, 0.2) is 0 Å². The second kappa shape index (κ2) is 13.3. The van der Waals surface area contributed by atoms with Crippen LogP contribution in [-0.2, 0) is 28.3 Å². The van der Waals surface area contributed by atoms with Crippen molar-refractivity contribution in [3.05, 3.63) is 105 Å². The van der Waals surface area contributed by atoms with Crippen LogP contribution in [0.25, 0.3) is 0 Å². The van der Waals surface area contributed by atoms with E-state index >= 15 is 0 Å². The largest absolute Gasteiger partial charge is 0.350 e. The molecule has 0 bridgehead atoms. The summed E-state index contributed by atoms with van der Waals surface area (Å²) < 4.78 is 1.02. The van der Waals surface area contributed by atoms with Crippen LogP contribution in [0, 0.1) is 0 Å². The summed E-state index contributed by atoms with van der Waals surface area (Å²) >= 11 is 11.1. The van der Waals surface area contributed by atoms with Crippen molar-refractivity contribution in [1.29, 1.82) is 0 Å². The minimum Gasteiger partial charge on any atom is -0.350 e. The molecule has 1 unspecified atom stereocenters. The van der Waals surface area contributed by atoms with Crippen LogP contribution in [0.15, 0.2) is 83.3 Å². The van der Waals surface area contributed by atoms with E-state index in [0.717, 1.165) is 21.2 Å². The molecular formula is C29H32BrClN2O2S. The Hall–Kier alpha value is -2.28. The number of halogens is 2. The van der Waals surface area contributed by atoms with Gasteiger partial charge in [0.25, 0.3) is 0 Å². The molecular weight excluding hydrogens is 556 g/mol. The van der Waals surface area contributed by atoms with Gasteiger partial charge in [0.1, 0.15) is 6.04 Å². The van der Waals surface area contributed by atoms with Gasteiger partial charge in [0.05, 0.1) is 5.75 Å². The molecule has 3 aromatic rings. The van der Waals surface area contributed by atoms with E-state index in [1.807, 2.05) is 99.6 Å². The van der Waals surface area contributed by atoms with Gasteiger partial charge in [-0.15, -0.1) is 11.8 Å². The highest BCUT2D eigenvalue weighted by molar-refractivity contribution is 9.10. The molecule has 0 radical (unpaired) electrons. The SMILES string of the molecule is CC(C)(C)NC(=O)C(Cc1ccccc1)N(Cc1ccc(Cl)cc1)C(=O)CSCc1ccc(Br)cc1. The fourth-order valence-electron chi connectivity index (χ4n) is 3.71. The van der Waals surface area contributed by atoms with Gasteiger partial charge in [-0.3, -0.25) is 9.59 Å². The normalized spacial score (nSPS) is 12.1. The van der Waals surface area contributed by atoms with Crippen LogP contribution in [0.3, 0.4) is 0 Å². The average Bonchev–Trinajstić information content (AvgIpc) is 2.83. The Balaban J connectivity index is 1.85. The van der Waals surface area contributed by atoms with E-state index in [4.69, 9.17) is 11.6 Å². The highest BCUT2D eigenvalue weighted by atomic mass is 79.9. The number of rotatable bonds is 10. The molecule has 0 aromatic heterocycles. The quantitative estimate of drug-likeness (QED) is 0.281. The number of nitrogens with one attached hydrogen (secondary N) is 1. The number of carbonyl (C=O) groups excluding carboxylic acids is 2. The van der Waals surface area contributed by atoms with Gasteiger partial charge in [-0.25, -0.2) is 0 Å². The van der Waals surface area contributed by atoms with Gasteiger partial charge in [0.2, 0.25) is 11.8 Å². The Morgan fingerprint density at radius 2 is 1.53 bits per heavy atom. The van der Waals surface area contributed by atoms with Crippen LogP contribution in [0.2, 0.25) is 5.02 Å². The molecule has 0 aliphatic heterocycles. The lowest BCUT2D eigenvalue weighted by atomic mass is 10.0. The van der Waals surface area contributed by atoms with Crippen molar-refractivity contribution in [3.8, 4) is 0 Å². The first-order chi connectivity index (χ1) is 17.1. The molecule has 0 aliphatic rings. The van der Waals surface area contributed by atoms with E-state index in [9.17, 15) is 9.59 Å². The molecule has 36 heavy (non-hydrogen) atoms. The minimum absolute atomic E-state index is 0.0722. The van der Waals surface area contributed by atoms with Gasteiger partial charge in [-0.1, -0.05) is 82.1 Å². The van der Waals surface area contributed by atoms with Crippen molar-refractivity contribution in [1.82, 2.24) is 10.2 Å². The zero-order valence-electron chi connectivity index (χ0n) is 20.8. The van der Waals surface area contributed by atoms with Crippen molar-refractivity contribution in [2.24, 2.45) is 0 Å². The molecule has 3 rings (SSSR count). The van der Waals surface area contributed by atoms with E-state index in [1.165, 1.54) is 0 Å². The van der Waals surface area contributed by atoms with E-state index in [2.05, 4.69) is 21.2 Å². The van der Waals surface area contributed by atoms with Crippen LogP contribution in [0.4, 0.5) is 0 Å². The molecule has 1 atom stereocenters. The van der Waals surface area contributed by atoms with Gasteiger partial charge in [-0.2, -0.15) is 0 Å². The summed E-state index contributed by atoms with van der Waals surface area (Å²) in [5, 5.41) is 3.72. The molecule has 0 heterocycles. The van der Waals surface area contributed by atoms with Crippen LogP contribution in [0.1, 0.15) is 37.5 Å². The summed E-state index contributed by atoms with van der Waals surface area (Å²) in [5.74, 6) is 0.756. The zero-order chi connectivity index (χ0) is 26.1. The van der Waals surface area contributed by atoms with Crippen LogP contribution < -0.4 is 5.32 Å². The Morgan fingerprint density at radius 1 is 0.917 bits per heavy atom. The van der Waals surface area contributed by atoms with Crippen molar-refractivity contribution in [3.63, 3.8) is 0 Å². The summed E-state index contributed by atoms with van der Waals surface area (Å²) in [7, 11) is 0. The van der Waals surface area contributed by atoms with Crippen molar-refractivity contribution in [2.75, 3.05) is 5.75 Å². The number of benzene rings is 3. The topological polar surface area (TPSA) is 49.4 Å². The first-order valence-corrected chi connectivity index (χ1v) is 14.2. The molecule has 0 aliphatic carbocycles. The molecule has 190 valence electrons. The third-order valence-corrected chi connectivity index (χ3v) is 7.21. The van der Waals surface area contributed by atoms with E-state index in [-0.39, 0.29) is 17.6 Å². The van der Waals surface area contributed by atoms with Crippen LogP contribution >= 0.6 is 39.3 Å². The molecule has 0 saturated carbocycles. The first-order valence-electron chi connectivity index (χ1n) is 11.8. The van der Waals surface area contributed by atoms with Crippen LogP contribution in [-0.4, -0.2) is 34.0 Å². The minimum atomic E-state index is -0.650. The third-order valence-electron chi connectivity index (χ3n) is 5.44. The van der Waals surface area contributed by atoms with Crippen LogP contribution in [0.5, 0.6) is 0 Å². The summed E-state index contributed by atoms with van der Waals surface area (Å²) in [4.78, 5) is 28.9. The van der Waals surface area contributed by atoms with Gasteiger partial charge >= 0.3 is 0 Å². The number of amides is 2. The fraction of sp³-hybridized carbons (Fsp3) is 0.310. The zero-order valence-corrected chi connectivity index (χ0v) is 24.0. The molecule has 3 aromatic carbocycles. The predicted molar refractivity (Wildman–Crippen MR) is 154 cm³/mol. The second-order valence-electron chi connectivity index (χ2n) is 9.71.